The van der Waals surface area contributed by atoms with Crippen LogP contribution in [0.1, 0.15) is 10.4 Å². The highest BCUT2D eigenvalue weighted by Gasteiger charge is 2.01. The van der Waals surface area contributed by atoms with Crippen LogP contribution in [0.3, 0.4) is 0 Å². The van der Waals surface area contributed by atoms with Gasteiger partial charge in [0, 0.05) is 5.56 Å². The summed E-state index contributed by atoms with van der Waals surface area (Å²) < 4.78 is 0. The third kappa shape index (κ3) is 3.06. The van der Waals surface area contributed by atoms with E-state index >= 15 is 0 Å². The summed E-state index contributed by atoms with van der Waals surface area (Å²) in [5.41, 5.74) is 2.51. The minimum absolute atomic E-state index is 0.426. The SMILES string of the molecule is O=C(O)/C=N/NC(=O)c1ccccc1. The molecule has 1 rings (SSSR count). The number of nitrogens with one attached hydrogen (secondary N) is 1. The highest BCUT2D eigenvalue weighted by molar-refractivity contribution is 6.22. The molecule has 1 amide bonds. The average molecular weight is 192 g/mol. The number of hydrazone groups is 1. The molecule has 72 valence electrons. The number of carbonyl (C=O) groups is 2. The van der Waals surface area contributed by atoms with Crippen molar-refractivity contribution in [3.05, 3.63) is 35.9 Å². The number of amides is 1. The first-order chi connectivity index (χ1) is 6.70. The van der Waals surface area contributed by atoms with Gasteiger partial charge in [-0.25, -0.2) is 10.2 Å². The van der Waals surface area contributed by atoms with E-state index in [1.807, 2.05) is 0 Å². The van der Waals surface area contributed by atoms with Crippen molar-refractivity contribution in [1.82, 2.24) is 5.43 Å². The van der Waals surface area contributed by atoms with E-state index < -0.39 is 11.9 Å². The largest absolute Gasteiger partial charge is 0.477 e. The minimum Gasteiger partial charge on any atom is -0.477 e. The third-order valence-corrected chi connectivity index (χ3v) is 1.38. The van der Waals surface area contributed by atoms with Crippen LogP contribution in [0.2, 0.25) is 0 Å². The number of benzene rings is 1. The Labute approximate surface area is 80.1 Å². The van der Waals surface area contributed by atoms with Crippen LogP contribution in [0.4, 0.5) is 0 Å². The molecule has 5 heteroatoms. The Bertz CT molecular complexity index is 360. The van der Waals surface area contributed by atoms with E-state index in [1.54, 1.807) is 30.3 Å². The molecule has 0 aliphatic heterocycles. The average Bonchev–Trinajstić information content (AvgIpc) is 2.18. The molecule has 0 aliphatic rings. The number of aliphatic carboxylic acids is 1. The van der Waals surface area contributed by atoms with Gasteiger partial charge in [0.15, 0.2) is 0 Å². The zero-order valence-corrected chi connectivity index (χ0v) is 7.18. The lowest BCUT2D eigenvalue weighted by Gasteiger charge is -1.97. The first kappa shape index (κ1) is 9.91. The predicted molar refractivity (Wildman–Crippen MR) is 50.0 cm³/mol. The molecule has 0 aromatic heterocycles. The lowest BCUT2D eigenvalue weighted by molar-refractivity contribution is -0.128. The second kappa shape index (κ2) is 4.76. The third-order valence-electron chi connectivity index (χ3n) is 1.38. The van der Waals surface area contributed by atoms with Crippen molar-refractivity contribution < 1.29 is 14.7 Å². The Balaban J connectivity index is 2.56. The summed E-state index contributed by atoms with van der Waals surface area (Å²) in [7, 11) is 0. The van der Waals surface area contributed by atoms with Crippen LogP contribution < -0.4 is 5.43 Å². The van der Waals surface area contributed by atoms with E-state index in [9.17, 15) is 9.59 Å². The fraction of sp³-hybridized carbons (Fsp3) is 0. The van der Waals surface area contributed by atoms with Crippen molar-refractivity contribution in [2.75, 3.05) is 0 Å². The van der Waals surface area contributed by atoms with Crippen LogP contribution in [0.25, 0.3) is 0 Å². The molecule has 2 N–H and O–H groups in total. The summed E-state index contributed by atoms with van der Waals surface area (Å²) in [5.74, 6) is -1.65. The van der Waals surface area contributed by atoms with Crippen molar-refractivity contribution in [3.8, 4) is 0 Å². The topological polar surface area (TPSA) is 78.8 Å². The molecule has 1 aromatic carbocycles. The van der Waals surface area contributed by atoms with Crippen LogP contribution in [0.5, 0.6) is 0 Å². The lowest BCUT2D eigenvalue weighted by atomic mass is 10.2. The van der Waals surface area contributed by atoms with Crippen molar-refractivity contribution in [1.29, 1.82) is 0 Å². The van der Waals surface area contributed by atoms with Gasteiger partial charge < -0.3 is 5.11 Å². The van der Waals surface area contributed by atoms with Crippen molar-refractivity contribution >= 4 is 18.1 Å². The first-order valence-electron chi connectivity index (χ1n) is 3.81. The minimum atomic E-state index is -1.21. The number of carbonyl (C=O) groups excluding carboxylic acids is 1. The number of carboxylic acid groups (broad SMARTS) is 1. The van der Waals surface area contributed by atoms with Crippen LogP contribution in [-0.4, -0.2) is 23.2 Å². The highest BCUT2D eigenvalue weighted by atomic mass is 16.4. The second-order valence-electron chi connectivity index (χ2n) is 2.40. The summed E-state index contributed by atoms with van der Waals surface area (Å²) >= 11 is 0. The molecule has 0 fully saturated rings. The quantitative estimate of drug-likeness (QED) is 0.540. The maximum Gasteiger partial charge on any atom is 0.348 e. The molecule has 0 radical (unpaired) electrons. The van der Waals surface area contributed by atoms with Gasteiger partial charge in [-0.05, 0) is 12.1 Å². The zero-order chi connectivity index (χ0) is 10.4. The Morgan fingerprint density at radius 1 is 1.29 bits per heavy atom. The van der Waals surface area contributed by atoms with E-state index in [4.69, 9.17) is 5.11 Å². The maximum atomic E-state index is 11.2. The molecule has 0 bridgehead atoms. The smallest absolute Gasteiger partial charge is 0.348 e. The Hall–Kier alpha value is -2.17. The highest BCUT2D eigenvalue weighted by Crippen LogP contribution is 1.96. The van der Waals surface area contributed by atoms with Crippen molar-refractivity contribution in [3.63, 3.8) is 0 Å². The van der Waals surface area contributed by atoms with Gasteiger partial charge in [0.2, 0.25) is 0 Å². The van der Waals surface area contributed by atoms with Gasteiger partial charge in [-0.2, -0.15) is 5.10 Å². The van der Waals surface area contributed by atoms with Crippen molar-refractivity contribution in [2.24, 2.45) is 5.10 Å². The molecule has 0 atom stereocenters. The van der Waals surface area contributed by atoms with E-state index in [2.05, 4.69) is 10.5 Å². The number of carboxylic acids is 1. The summed E-state index contributed by atoms with van der Waals surface area (Å²) in [4.78, 5) is 21.2. The van der Waals surface area contributed by atoms with Crippen LogP contribution in [0.15, 0.2) is 35.4 Å². The first-order valence-corrected chi connectivity index (χ1v) is 3.81. The Kier molecular flexibility index (Phi) is 3.37. The summed E-state index contributed by atoms with van der Waals surface area (Å²) in [6.45, 7) is 0. The van der Waals surface area contributed by atoms with Gasteiger partial charge in [-0.15, -0.1) is 0 Å². The van der Waals surface area contributed by atoms with Gasteiger partial charge in [0.25, 0.3) is 5.91 Å². The zero-order valence-electron chi connectivity index (χ0n) is 7.18. The molecule has 0 aliphatic carbocycles. The normalized spacial score (nSPS) is 10.0. The van der Waals surface area contributed by atoms with Crippen molar-refractivity contribution in [2.45, 2.75) is 0 Å². The van der Waals surface area contributed by atoms with Gasteiger partial charge in [0.1, 0.15) is 6.21 Å². The molecular weight excluding hydrogens is 184 g/mol. The van der Waals surface area contributed by atoms with E-state index in [-0.39, 0.29) is 0 Å². The standard InChI is InChI=1S/C9H8N2O3/c12-8(13)6-10-11-9(14)7-4-2-1-3-5-7/h1-6H,(H,11,14)(H,12,13)/b10-6+. The monoisotopic (exact) mass is 192 g/mol. The molecule has 0 spiro atoms. The lowest BCUT2D eigenvalue weighted by Crippen LogP contribution is -2.18. The van der Waals surface area contributed by atoms with Gasteiger partial charge >= 0.3 is 5.97 Å². The Morgan fingerprint density at radius 3 is 2.50 bits per heavy atom. The van der Waals surface area contributed by atoms with Crippen LogP contribution in [0, 0.1) is 0 Å². The van der Waals surface area contributed by atoms with E-state index in [1.165, 1.54) is 0 Å². The second-order valence-corrected chi connectivity index (χ2v) is 2.40. The number of rotatable bonds is 3. The van der Waals surface area contributed by atoms with Gasteiger partial charge in [0.05, 0.1) is 0 Å². The summed E-state index contributed by atoms with van der Waals surface area (Å²) in [6.07, 6.45) is 0.612. The van der Waals surface area contributed by atoms with Gasteiger partial charge in [-0.1, -0.05) is 18.2 Å². The fourth-order valence-corrected chi connectivity index (χ4v) is 0.800. The number of nitrogens with zero attached hydrogens (tertiary/aromatic N) is 1. The van der Waals surface area contributed by atoms with Crippen LogP contribution in [-0.2, 0) is 4.79 Å². The molecule has 0 heterocycles. The van der Waals surface area contributed by atoms with E-state index in [0.717, 1.165) is 0 Å². The van der Waals surface area contributed by atoms with Crippen LogP contribution >= 0.6 is 0 Å². The maximum absolute atomic E-state index is 11.2. The van der Waals surface area contributed by atoms with E-state index in [0.29, 0.717) is 11.8 Å². The predicted octanol–water partition coefficient (Wildman–Crippen LogP) is 0.487. The fourth-order valence-electron chi connectivity index (χ4n) is 0.800. The van der Waals surface area contributed by atoms with Gasteiger partial charge in [-0.3, -0.25) is 4.79 Å². The molecule has 0 saturated carbocycles. The summed E-state index contributed by atoms with van der Waals surface area (Å²) in [5, 5.41) is 11.4. The molecule has 0 saturated heterocycles. The molecular formula is C9H8N2O3. The summed E-state index contributed by atoms with van der Waals surface area (Å²) in [6, 6.07) is 8.39. The molecule has 1 aromatic rings. The number of hydrogen-bond acceptors (Lipinski definition) is 3. The number of hydrogen-bond donors (Lipinski definition) is 2. The Morgan fingerprint density at radius 2 is 1.93 bits per heavy atom. The molecule has 5 nitrogen and oxygen atoms in total. The molecule has 14 heavy (non-hydrogen) atoms. The molecule has 0 unspecified atom stereocenters.